The molecule has 7 heteroatoms. The maximum Gasteiger partial charge on any atom is 0.273 e. The molecule has 0 spiro atoms. The minimum Gasteiger partial charge on any atom is -0.344 e. The number of carbonyl (C=O) groups excluding carboxylic acids is 1. The monoisotopic (exact) mass is 263 g/mol. The molecule has 0 bridgehead atoms. The van der Waals surface area contributed by atoms with Crippen molar-refractivity contribution in [3.63, 3.8) is 0 Å². The number of fused-ring (bicyclic) bond motifs is 1. The molecule has 0 radical (unpaired) electrons. The number of amides is 1. The van der Waals surface area contributed by atoms with Gasteiger partial charge in [0.25, 0.3) is 5.91 Å². The van der Waals surface area contributed by atoms with Crippen LogP contribution in [0.25, 0.3) is 0 Å². The van der Waals surface area contributed by atoms with E-state index in [-0.39, 0.29) is 5.91 Å². The Bertz CT molecular complexity index is 524. The number of rotatable bonds is 3. The third kappa shape index (κ3) is 2.26. The van der Waals surface area contributed by atoms with Gasteiger partial charge in [0.15, 0.2) is 5.69 Å². The van der Waals surface area contributed by atoms with Crippen molar-refractivity contribution >= 4 is 17.2 Å². The van der Waals surface area contributed by atoms with Crippen molar-refractivity contribution in [2.24, 2.45) is 0 Å². The Kier molecular flexibility index (Phi) is 3.06. The molecule has 0 aliphatic heterocycles. The Balaban J connectivity index is 1.63. The molecule has 2 aromatic rings. The second-order valence-electron chi connectivity index (χ2n) is 4.22. The van der Waals surface area contributed by atoms with Gasteiger partial charge in [0.1, 0.15) is 5.01 Å². The third-order valence-electron chi connectivity index (χ3n) is 2.94. The summed E-state index contributed by atoms with van der Waals surface area (Å²) in [7, 11) is 0. The van der Waals surface area contributed by atoms with E-state index >= 15 is 0 Å². The molecule has 0 atom stereocenters. The van der Waals surface area contributed by atoms with Gasteiger partial charge in [-0.3, -0.25) is 4.79 Å². The molecule has 2 aromatic heterocycles. The van der Waals surface area contributed by atoms with Crippen LogP contribution in [0.1, 0.15) is 38.9 Å². The van der Waals surface area contributed by atoms with Crippen LogP contribution < -0.4 is 5.32 Å². The summed E-state index contributed by atoms with van der Waals surface area (Å²) in [5.41, 5.74) is 1.52. The summed E-state index contributed by atoms with van der Waals surface area (Å²) in [6.45, 7) is 0.462. The minimum atomic E-state index is -0.225. The minimum absolute atomic E-state index is 0.225. The molecule has 18 heavy (non-hydrogen) atoms. The Hall–Kier alpha value is -1.76. The van der Waals surface area contributed by atoms with Crippen LogP contribution in [0.15, 0.2) is 6.20 Å². The van der Waals surface area contributed by atoms with Crippen LogP contribution in [0.3, 0.4) is 0 Å². The number of aryl methyl sites for hydroxylation is 2. The fraction of sp³-hybridized carbons (Fsp3) is 0.455. The number of H-pyrrole nitrogens is 1. The van der Waals surface area contributed by atoms with Crippen LogP contribution in [-0.4, -0.2) is 26.3 Å². The highest BCUT2D eigenvalue weighted by molar-refractivity contribution is 7.11. The van der Waals surface area contributed by atoms with Crippen molar-refractivity contribution in [1.82, 2.24) is 25.7 Å². The van der Waals surface area contributed by atoms with Crippen molar-refractivity contribution < 1.29 is 4.79 Å². The zero-order valence-electron chi connectivity index (χ0n) is 9.77. The first-order chi connectivity index (χ1) is 8.83. The Morgan fingerprint density at radius 3 is 3.11 bits per heavy atom. The van der Waals surface area contributed by atoms with Crippen molar-refractivity contribution in [1.29, 1.82) is 0 Å². The van der Waals surface area contributed by atoms with Crippen molar-refractivity contribution in [2.75, 3.05) is 0 Å². The predicted octanol–water partition coefficient (Wildman–Crippen LogP) is 1.07. The molecule has 0 unspecified atom stereocenters. The molecule has 0 aromatic carbocycles. The van der Waals surface area contributed by atoms with E-state index in [4.69, 9.17) is 0 Å². The SMILES string of the molecule is O=C(NCc1nc2c(s1)CCCC2)c1cn[nH]n1. The Labute approximate surface area is 108 Å². The molecule has 0 saturated carbocycles. The first-order valence-corrected chi connectivity index (χ1v) is 6.76. The maximum absolute atomic E-state index is 11.7. The maximum atomic E-state index is 11.7. The highest BCUT2D eigenvalue weighted by atomic mass is 32.1. The van der Waals surface area contributed by atoms with Crippen LogP contribution in [0.5, 0.6) is 0 Å². The summed E-state index contributed by atoms with van der Waals surface area (Å²) in [5, 5.41) is 13.5. The van der Waals surface area contributed by atoms with Crippen LogP contribution in [0.2, 0.25) is 0 Å². The van der Waals surface area contributed by atoms with Gasteiger partial charge in [-0.25, -0.2) is 4.98 Å². The van der Waals surface area contributed by atoms with E-state index in [1.807, 2.05) is 0 Å². The lowest BCUT2D eigenvalue weighted by molar-refractivity contribution is 0.0946. The van der Waals surface area contributed by atoms with Gasteiger partial charge in [0, 0.05) is 4.88 Å². The average Bonchev–Trinajstić information content (AvgIpc) is 3.04. The largest absolute Gasteiger partial charge is 0.344 e. The van der Waals surface area contributed by atoms with E-state index in [9.17, 15) is 4.79 Å². The number of thiazole rings is 1. The average molecular weight is 263 g/mol. The Morgan fingerprint density at radius 2 is 2.33 bits per heavy atom. The number of hydrogen-bond acceptors (Lipinski definition) is 5. The quantitative estimate of drug-likeness (QED) is 0.867. The number of carbonyl (C=O) groups is 1. The highest BCUT2D eigenvalue weighted by Gasteiger charge is 2.16. The van der Waals surface area contributed by atoms with Gasteiger partial charge in [-0.15, -0.1) is 11.3 Å². The summed E-state index contributed by atoms with van der Waals surface area (Å²) in [6, 6.07) is 0. The number of nitrogens with zero attached hydrogens (tertiary/aromatic N) is 3. The van der Waals surface area contributed by atoms with Gasteiger partial charge in [-0.1, -0.05) is 0 Å². The zero-order valence-corrected chi connectivity index (χ0v) is 10.6. The molecule has 2 heterocycles. The molecule has 2 N–H and O–H groups in total. The van der Waals surface area contributed by atoms with E-state index in [1.54, 1.807) is 11.3 Å². The van der Waals surface area contributed by atoms with Crippen molar-refractivity contribution in [3.05, 3.63) is 27.5 Å². The molecule has 0 fully saturated rings. The van der Waals surface area contributed by atoms with Gasteiger partial charge in [0.05, 0.1) is 18.4 Å². The van der Waals surface area contributed by atoms with Gasteiger partial charge < -0.3 is 5.32 Å². The summed E-state index contributed by atoms with van der Waals surface area (Å²) in [4.78, 5) is 17.6. The molecule has 3 rings (SSSR count). The first kappa shape index (κ1) is 11.3. The van der Waals surface area contributed by atoms with E-state index in [2.05, 4.69) is 25.7 Å². The van der Waals surface area contributed by atoms with Gasteiger partial charge in [0.2, 0.25) is 0 Å². The van der Waals surface area contributed by atoms with Crippen LogP contribution in [0.4, 0.5) is 0 Å². The molecule has 1 amide bonds. The third-order valence-corrected chi connectivity index (χ3v) is 4.10. The van der Waals surface area contributed by atoms with Crippen LogP contribution >= 0.6 is 11.3 Å². The van der Waals surface area contributed by atoms with Crippen molar-refractivity contribution in [3.8, 4) is 0 Å². The number of nitrogens with one attached hydrogen (secondary N) is 2. The lowest BCUT2D eigenvalue weighted by atomic mass is 10.0. The normalized spacial score (nSPS) is 14.2. The summed E-state index contributed by atoms with van der Waals surface area (Å²) < 4.78 is 0. The van der Waals surface area contributed by atoms with Gasteiger partial charge in [-0.05, 0) is 25.7 Å². The summed E-state index contributed by atoms with van der Waals surface area (Å²) >= 11 is 1.70. The highest BCUT2D eigenvalue weighted by Crippen LogP contribution is 2.26. The fourth-order valence-electron chi connectivity index (χ4n) is 2.04. The van der Waals surface area contributed by atoms with Crippen LogP contribution in [-0.2, 0) is 19.4 Å². The first-order valence-electron chi connectivity index (χ1n) is 5.94. The topological polar surface area (TPSA) is 83.6 Å². The van der Waals surface area contributed by atoms with E-state index in [0.717, 1.165) is 17.8 Å². The van der Waals surface area contributed by atoms with E-state index in [0.29, 0.717) is 12.2 Å². The van der Waals surface area contributed by atoms with E-state index < -0.39 is 0 Å². The lowest BCUT2D eigenvalue weighted by Gasteiger charge is -2.06. The second-order valence-corrected chi connectivity index (χ2v) is 5.39. The molecule has 1 aliphatic rings. The summed E-state index contributed by atoms with van der Waals surface area (Å²) in [6.07, 6.45) is 6.08. The Morgan fingerprint density at radius 1 is 1.44 bits per heavy atom. The molecule has 1 aliphatic carbocycles. The second kappa shape index (κ2) is 4.85. The number of aromatic amines is 1. The van der Waals surface area contributed by atoms with Crippen LogP contribution in [0, 0.1) is 0 Å². The predicted molar refractivity (Wildman–Crippen MR) is 66.3 cm³/mol. The smallest absolute Gasteiger partial charge is 0.273 e. The lowest BCUT2D eigenvalue weighted by Crippen LogP contribution is -2.23. The molecule has 0 saturated heterocycles. The number of hydrogen-bond donors (Lipinski definition) is 2. The van der Waals surface area contributed by atoms with Gasteiger partial charge >= 0.3 is 0 Å². The van der Waals surface area contributed by atoms with Crippen molar-refractivity contribution in [2.45, 2.75) is 32.2 Å². The molecular formula is C11H13N5OS. The zero-order chi connectivity index (χ0) is 12.4. The number of aromatic nitrogens is 4. The van der Waals surface area contributed by atoms with E-state index in [1.165, 1.54) is 29.6 Å². The van der Waals surface area contributed by atoms with Gasteiger partial charge in [-0.2, -0.15) is 15.4 Å². The molecule has 94 valence electrons. The standard InChI is InChI=1S/C11H13N5OS/c17-11(8-5-13-16-15-8)12-6-10-14-7-3-1-2-4-9(7)18-10/h5H,1-4,6H2,(H,12,17)(H,13,15,16). The molecular weight excluding hydrogens is 250 g/mol. The summed E-state index contributed by atoms with van der Waals surface area (Å²) in [5.74, 6) is -0.225. The fourth-order valence-corrected chi connectivity index (χ4v) is 3.14. The molecule has 6 nitrogen and oxygen atoms in total.